The standard InChI is InChI=1S/C16H22N4O2S.2ClH/c1-20-9-8-19-16(20)23-11-13-2-3-14(22-13)15(21)18-7-5-12-4-6-17-10-12;;/h2-3,8-9,12,17H,4-7,10-11H2,1H3,(H,18,21);2*1H. The Morgan fingerprint density at radius 2 is 2.32 bits per heavy atom. The number of imidazole rings is 1. The number of aromatic nitrogens is 2. The fraction of sp³-hybridized carbons (Fsp3) is 0.500. The molecule has 2 N–H and O–H groups in total. The molecular weight excluding hydrogens is 383 g/mol. The maximum atomic E-state index is 12.1. The van der Waals surface area contributed by atoms with Crippen LogP contribution in [0.25, 0.3) is 0 Å². The molecule has 140 valence electrons. The van der Waals surface area contributed by atoms with E-state index < -0.39 is 0 Å². The molecule has 9 heteroatoms. The number of aryl methyl sites for hydroxylation is 1. The molecule has 0 aliphatic carbocycles. The van der Waals surface area contributed by atoms with Crippen LogP contribution in [0, 0.1) is 5.92 Å². The molecule has 1 fully saturated rings. The molecule has 1 amide bonds. The Labute approximate surface area is 164 Å². The summed E-state index contributed by atoms with van der Waals surface area (Å²) in [5, 5.41) is 7.20. The first-order valence-corrected chi connectivity index (χ1v) is 8.88. The molecule has 2 aromatic heterocycles. The fourth-order valence-corrected chi connectivity index (χ4v) is 3.47. The van der Waals surface area contributed by atoms with Gasteiger partial charge in [0.2, 0.25) is 0 Å². The van der Waals surface area contributed by atoms with Crippen LogP contribution in [-0.4, -0.2) is 35.1 Å². The number of carbonyl (C=O) groups excluding carboxylic acids is 1. The Morgan fingerprint density at radius 1 is 1.48 bits per heavy atom. The van der Waals surface area contributed by atoms with Gasteiger partial charge in [0, 0.05) is 26.0 Å². The molecule has 1 unspecified atom stereocenters. The van der Waals surface area contributed by atoms with E-state index in [0.717, 1.165) is 30.4 Å². The van der Waals surface area contributed by atoms with Crippen LogP contribution in [0.5, 0.6) is 0 Å². The molecule has 3 heterocycles. The summed E-state index contributed by atoms with van der Waals surface area (Å²) in [5.74, 6) is 2.36. The summed E-state index contributed by atoms with van der Waals surface area (Å²) in [6, 6.07) is 3.59. The van der Waals surface area contributed by atoms with E-state index in [-0.39, 0.29) is 30.7 Å². The van der Waals surface area contributed by atoms with Crippen molar-refractivity contribution in [3.05, 3.63) is 36.0 Å². The summed E-state index contributed by atoms with van der Waals surface area (Å²) in [4.78, 5) is 16.3. The van der Waals surface area contributed by atoms with Gasteiger partial charge in [-0.25, -0.2) is 4.98 Å². The molecule has 0 saturated carbocycles. The lowest BCUT2D eigenvalue weighted by Crippen LogP contribution is -2.26. The minimum atomic E-state index is -0.135. The van der Waals surface area contributed by atoms with Crippen molar-refractivity contribution in [2.75, 3.05) is 19.6 Å². The number of thioether (sulfide) groups is 1. The lowest BCUT2D eigenvalue weighted by Gasteiger charge is -2.08. The Balaban J connectivity index is 0.00000156. The molecule has 25 heavy (non-hydrogen) atoms. The second kappa shape index (κ2) is 10.8. The Bertz CT molecular complexity index is 656. The molecule has 0 spiro atoms. The van der Waals surface area contributed by atoms with Crippen LogP contribution in [0.15, 0.2) is 34.1 Å². The zero-order valence-electron chi connectivity index (χ0n) is 14.1. The SMILES string of the molecule is Cl.Cl.Cn1ccnc1SCc1ccc(C(=O)NCCC2CCNC2)o1. The largest absolute Gasteiger partial charge is 0.455 e. The minimum Gasteiger partial charge on any atom is -0.455 e. The van der Waals surface area contributed by atoms with Gasteiger partial charge in [-0.3, -0.25) is 4.79 Å². The topological polar surface area (TPSA) is 72.1 Å². The van der Waals surface area contributed by atoms with Crippen molar-refractivity contribution >= 4 is 42.5 Å². The molecule has 3 rings (SSSR count). The van der Waals surface area contributed by atoms with E-state index in [0.29, 0.717) is 24.0 Å². The summed E-state index contributed by atoms with van der Waals surface area (Å²) in [5.41, 5.74) is 0. The first kappa shape index (κ1) is 21.9. The van der Waals surface area contributed by atoms with Crippen LogP contribution in [0.4, 0.5) is 0 Å². The van der Waals surface area contributed by atoms with Crippen LogP contribution in [0.2, 0.25) is 0 Å². The summed E-state index contributed by atoms with van der Waals surface area (Å²) >= 11 is 1.59. The molecule has 1 atom stereocenters. The summed E-state index contributed by atoms with van der Waals surface area (Å²) in [6.45, 7) is 2.85. The predicted molar refractivity (Wildman–Crippen MR) is 104 cm³/mol. The van der Waals surface area contributed by atoms with Gasteiger partial charge in [-0.15, -0.1) is 24.8 Å². The number of hydrogen-bond donors (Lipinski definition) is 2. The van der Waals surface area contributed by atoms with Crippen LogP contribution >= 0.6 is 36.6 Å². The highest BCUT2D eigenvalue weighted by molar-refractivity contribution is 7.98. The average Bonchev–Trinajstić information content (AvgIpc) is 3.27. The van der Waals surface area contributed by atoms with Crippen molar-refractivity contribution in [1.29, 1.82) is 0 Å². The third kappa shape index (κ3) is 6.26. The van der Waals surface area contributed by atoms with Crippen LogP contribution in [-0.2, 0) is 12.8 Å². The first-order valence-electron chi connectivity index (χ1n) is 7.90. The normalized spacial score (nSPS) is 16.1. The second-order valence-corrected chi connectivity index (χ2v) is 6.72. The first-order chi connectivity index (χ1) is 11.2. The van der Waals surface area contributed by atoms with Gasteiger partial charge in [0.05, 0.1) is 5.75 Å². The molecule has 1 aliphatic rings. The van der Waals surface area contributed by atoms with Crippen molar-refractivity contribution in [3.8, 4) is 0 Å². The lowest BCUT2D eigenvalue weighted by molar-refractivity contribution is 0.0922. The monoisotopic (exact) mass is 406 g/mol. The number of rotatable bonds is 7. The highest BCUT2D eigenvalue weighted by atomic mass is 35.5. The van der Waals surface area contributed by atoms with E-state index in [9.17, 15) is 4.79 Å². The molecule has 1 saturated heterocycles. The van der Waals surface area contributed by atoms with Crippen molar-refractivity contribution in [3.63, 3.8) is 0 Å². The number of nitrogens with one attached hydrogen (secondary N) is 2. The van der Waals surface area contributed by atoms with Crippen LogP contribution in [0.3, 0.4) is 0 Å². The smallest absolute Gasteiger partial charge is 0.286 e. The molecule has 0 radical (unpaired) electrons. The van der Waals surface area contributed by atoms with E-state index >= 15 is 0 Å². The molecule has 6 nitrogen and oxygen atoms in total. The van der Waals surface area contributed by atoms with Gasteiger partial charge in [0.15, 0.2) is 10.9 Å². The number of carbonyl (C=O) groups is 1. The zero-order chi connectivity index (χ0) is 16.1. The van der Waals surface area contributed by atoms with E-state index in [1.165, 1.54) is 6.42 Å². The summed E-state index contributed by atoms with van der Waals surface area (Å²) in [7, 11) is 1.95. The van der Waals surface area contributed by atoms with Crippen molar-refractivity contribution in [2.45, 2.75) is 23.8 Å². The quantitative estimate of drug-likeness (QED) is 0.691. The molecule has 2 aromatic rings. The maximum Gasteiger partial charge on any atom is 0.286 e. The summed E-state index contributed by atoms with van der Waals surface area (Å²) < 4.78 is 7.58. The third-order valence-electron chi connectivity index (χ3n) is 4.01. The maximum absolute atomic E-state index is 12.1. The second-order valence-electron chi connectivity index (χ2n) is 5.78. The predicted octanol–water partition coefficient (Wildman–Crippen LogP) is 2.88. The summed E-state index contributed by atoms with van der Waals surface area (Å²) in [6.07, 6.45) is 5.89. The van der Waals surface area contributed by atoms with Crippen molar-refractivity contribution in [2.24, 2.45) is 13.0 Å². The molecule has 0 aromatic carbocycles. The number of halogens is 2. The van der Waals surface area contributed by atoms with Gasteiger partial charge in [-0.05, 0) is 44.0 Å². The molecule has 0 bridgehead atoms. The third-order valence-corrected chi connectivity index (χ3v) is 5.09. The Hall–Kier alpha value is -1.15. The van der Waals surface area contributed by atoms with E-state index in [4.69, 9.17) is 4.42 Å². The van der Waals surface area contributed by atoms with Crippen LogP contribution in [0.1, 0.15) is 29.2 Å². The number of furan rings is 1. The van der Waals surface area contributed by atoms with Gasteiger partial charge in [0.25, 0.3) is 5.91 Å². The number of hydrogen-bond acceptors (Lipinski definition) is 5. The molecular formula is C16H24Cl2N4O2S. The highest BCUT2D eigenvalue weighted by Crippen LogP contribution is 2.21. The van der Waals surface area contributed by atoms with Gasteiger partial charge in [-0.1, -0.05) is 11.8 Å². The van der Waals surface area contributed by atoms with Gasteiger partial charge >= 0.3 is 0 Å². The highest BCUT2D eigenvalue weighted by Gasteiger charge is 2.16. The van der Waals surface area contributed by atoms with Gasteiger partial charge < -0.3 is 19.6 Å². The van der Waals surface area contributed by atoms with Gasteiger partial charge in [0.1, 0.15) is 5.76 Å². The Kier molecular flexibility index (Phi) is 9.42. The van der Waals surface area contributed by atoms with Crippen molar-refractivity contribution < 1.29 is 9.21 Å². The average molecular weight is 407 g/mol. The van der Waals surface area contributed by atoms with E-state index in [1.54, 1.807) is 24.0 Å². The van der Waals surface area contributed by atoms with Crippen LogP contribution < -0.4 is 10.6 Å². The zero-order valence-corrected chi connectivity index (χ0v) is 16.5. The van der Waals surface area contributed by atoms with Gasteiger partial charge in [-0.2, -0.15) is 0 Å². The Morgan fingerprint density at radius 3 is 3.00 bits per heavy atom. The molecule has 1 aliphatic heterocycles. The van der Waals surface area contributed by atoms with E-state index in [2.05, 4.69) is 15.6 Å². The lowest BCUT2D eigenvalue weighted by atomic mass is 10.1. The number of nitrogens with zero attached hydrogens (tertiary/aromatic N) is 2. The van der Waals surface area contributed by atoms with E-state index in [1.807, 2.05) is 23.9 Å². The minimum absolute atomic E-state index is 0. The number of amides is 1. The fourth-order valence-electron chi connectivity index (χ4n) is 2.64. The van der Waals surface area contributed by atoms with Crippen molar-refractivity contribution in [1.82, 2.24) is 20.2 Å².